The zero-order valence-corrected chi connectivity index (χ0v) is 12.0. The monoisotopic (exact) mass is 313 g/mol. The first kappa shape index (κ1) is 13.5. The van der Waals surface area contributed by atoms with Gasteiger partial charge in [-0.05, 0) is 6.07 Å². The Morgan fingerprint density at radius 1 is 1.25 bits per heavy atom. The average molecular weight is 314 g/mol. The van der Waals surface area contributed by atoms with Gasteiger partial charge >= 0.3 is 0 Å². The van der Waals surface area contributed by atoms with Crippen LogP contribution in [-0.2, 0) is 4.74 Å². The summed E-state index contributed by atoms with van der Waals surface area (Å²) < 4.78 is 5.89. The first-order valence-corrected chi connectivity index (χ1v) is 7.28. The third-order valence-electron chi connectivity index (χ3n) is 3.22. The van der Waals surface area contributed by atoms with Gasteiger partial charge in [0.2, 0.25) is 0 Å². The van der Waals surface area contributed by atoms with Crippen molar-refractivity contribution >= 4 is 38.9 Å². The smallest absolute Gasteiger partial charge is 0.265 e. The lowest BCUT2D eigenvalue weighted by molar-refractivity contribution is 0.0306. The van der Waals surface area contributed by atoms with Crippen LogP contribution in [0.1, 0.15) is 9.67 Å². The normalized spacial score (nSPS) is 15.8. The van der Waals surface area contributed by atoms with Crippen LogP contribution in [0.25, 0.3) is 10.1 Å². The molecule has 5 nitrogen and oxygen atoms in total. The number of aromatic hydroxyl groups is 2. The van der Waals surface area contributed by atoms with Crippen LogP contribution in [0.5, 0.6) is 11.5 Å². The number of phenols is 2. The van der Waals surface area contributed by atoms with E-state index < -0.39 is 0 Å². The molecule has 0 atom stereocenters. The third-order valence-corrected chi connectivity index (χ3v) is 4.86. The van der Waals surface area contributed by atoms with E-state index in [1.807, 2.05) is 0 Å². The number of rotatable bonds is 1. The Morgan fingerprint density at radius 2 is 1.90 bits per heavy atom. The number of fused-ring (bicyclic) bond motifs is 1. The zero-order valence-electron chi connectivity index (χ0n) is 10.4. The highest BCUT2D eigenvalue weighted by Crippen LogP contribution is 2.41. The Labute approximate surface area is 123 Å². The fraction of sp³-hybridized carbons (Fsp3) is 0.308. The number of hydrogen-bond donors (Lipinski definition) is 2. The van der Waals surface area contributed by atoms with Gasteiger partial charge < -0.3 is 19.8 Å². The molecule has 2 heterocycles. The molecule has 0 aliphatic carbocycles. The Hall–Kier alpha value is -1.50. The predicted molar refractivity (Wildman–Crippen MR) is 76.9 cm³/mol. The Balaban J connectivity index is 2.03. The van der Waals surface area contributed by atoms with Gasteiger partial charge in [-0.3, -0.25) is 4.79 Å². The summed E-state index contributed by atoms with van der Waals surface area (Å²) in [5.74, 6) is -0.609. The van der Waals surface area contributed by atoms with Crippen LogP contribution in [0.15, 0.2) is 12.1 Å². The molecule has 1 amide bonds. The summed E-state index contributed by atoms with van der Waals surface area (Å²) in [6.45, 7) is 2.13. The zero-order chi connectivity index (χ0) is 14.3. The molecular formula is C13H12ClNO4S. The van der Waals surface area contributed by atoms with Crippen molar-refractivity contribution in [3.05, 3.63) is 22.0 Å². The molecule has 1 fully saturated rings. The number of hydrogen-bond acceptors (Lipinski definition) is 5. The maximum Gasteiger partial charge on any atom is 0.265 e. The van der Waals surface area contributed by atoms with Crippen LogP contribution in [0.4, 0.5) is 0 Å². The lowest BCUT2D eigenvalue weighted by Gasteiger charge is -2.26. The molecule has 20 heavy (non-hydrogen) atoms. The van der Waals surface area contributed by atoms with E-state index in [4.69, 9.17) is 16.3 Å². The third kappa shape index (κ3) is 2.19. The van der Waals surface area contributed by atoms with Gasteiger partial charge in [-0.1, -0.05) is 11.6 Å². The van der Waals surface area contributed by atoms with Crippen molar-refractivity contribution in [2.45, 2.75) is 0 Å². The number of carbonyl (C=O) groups excluding carboxylic acids is 1. The largest absolute Gasteiger partial charge is 0.504 e. The van der Waals surface area contributed by atoms with Crippen molar-refractivity contribution in [1.29, 1.82) is 0 Å². The fourth-order valence-electron chi connectivity index (χ4n) is 2.14. The molecule has 2 aromatic rings. The molecule has 1 saturated heterocycles. The van der Waals surface area contributed by atoms with Crippen molar-refractivity contribution < 1.29 is 19.7 Å². The van der Waals surface area contributed by atoms with Crippen molar-refractivity contribution in [1.82, 2.24) is 4.90 Å². The molecule has 2 N–H and O–H groups in total. The highest BCUT2D eigenvalue weighted by molar-refractivity contribution is 7.21. The second-order valence-corrected chi connectivity index (χ2v) is 5.92. The van der Waals surface area contributed by atoms with E-state index in [0.717, 1.165) is 0 Å². The van der Waals surface area contributed by atoms with Crippen LogP contribution >= 0.6 is 22.9 Å². The van der Waals surface area contributed by atoms with E-state index in [0.29, 0.717) is 46.3 Å². The number of amides is 1. The molecule has 1 aromatic heterocycles. The van der Waals surface area contributed by atoms with E-state index in [-0.39, 0.29) is 17.4 Å². The SMILES string of the molecule is O=C(c1sc2cc(O)c(O)cc2c1Cl)N1CCOCC1. The highest BCUT2D eigenvalue weighted by Gasteiger charge is 2.24. The van der Waals surface area contributed by atoms with Gasteiger partial charge in [0.1, 0.15) is 4.88 Å². The first-order valence-electron chi connectivity index (χ1n) is 6.09. The Kier molecular flexibility index (Phi) is 3.45. The fourth-order valence-corrected chi connectivity index (χ4v) is 3.62. The van der Waals surface area contributed by atoms with Crippen LogP contribution in [0.3, 0.4) is 0 Å². The number of halogens is 1. The van der Waals surface area contributed by atoms with Crippen LogP contribution in [0.2, 0.25) is 5.02 Å². The van der Waals surface area contributed by atoms with Crippen molar-refractivity contribution in [3.63, 3.8) is 0 Å². The summed E-state index contributed by atoms with van der Waals surface area (Å²) in [5, 5.41) is 19.9. The van der Waals surface area contributed by atoms with E-state index in [2.05, 4.69) is 0 Å². The van der Waals surface area contributed by atoms with E-state index >= 15 is 0 Å². The van der Waals surface area contributed by atoms with Gasteiger partial charge in [-0.25, -0.2) is 0 Å². The number of carbonyl (C=O) groups is 1. The molecule has 7 heteroatoms. The summed E-state index contributed by atoms with van der Waals surface area (Å²) in [6.07, 6.45) is 0. The Morgan fingerprint density at radius 3 is 2.60 bits per heavy atom. The molecule has 1 aromatic carbocycles. The highest BCUT2D eigenvalue weighted by atomic mass is 35.5. The van der Waals surface area contributed by atoms with Crippen molar-refractivity contribution in [2.24, 2.45) is 0 Å². The van der Waals surface area contributed by atoms with E-state index in [1.165, 1.54) is 23.5 Å². The van der Waals surface area contributed by atoms with Crippen LogP contribution in [-0.4, -0.2) is 47.3 Å². The van der Waals surface area contributed by atoms with E-state index in [9.17, 15) is 15.0 Å². The minimum atomic E-state index is -0.248. The minimum Gasteiger partial charge on any atom is -0.504 e. The average Bonchev–Trinajstić information content (AvgIpc) is 2.77. The quantitative estimate of drug-likeness (QED) is 0.793. The van der Waals surface area contributed by atoms with Gasteiger partial charge in [0, 0.05) is 29.2 Å². The first-order chi connectivity index (χ1) is 9.58. The standard InChI is InChI=1S/C13H12ClNO4S/c14-11-7-5-8(16)9(17)6-10(7)20-12(11)13(18)15-1-3-19-4-2-15/h5-6,16-17H,1-4H2. The number of benzene rings is 1. The van der Waals surface area contributed by atoms with Crippen LogP contribution < -0.4 is 0 Å². The lowest BCUT2D eigenvalue weighted by atomic mass is 10.2. The maximum absolute atomic E-state index is 12.4. The molecule has 1 aliphatic heterocycles. The molecule has 0 bridgehead atoms. The van der Waals surface area contributed by atoms with Gasteiger partial charge in [-0.2, -0.15) is 0 Å². The molecule has 3 rings (SSSR count). The second kappa shape index (κ2) is 5.12. The minimum absolute atomic E-state index is 0.140. The molecule has 0 saturated carbocycles. The second-order valence-electron chi connectivity index (χ2n) is 4.49. The van der Waals surface area contributed by atoms with Gasteiger partial charge in [-0.15, -0.1) is 11.3 Å². The number of nitrogens with zero attached hydrogens (tertiary/aromatic N) is 1. The van der Waals surface area contributed by atoms with Gasteiger partial charge in [0.25, 0.3) is 5.91 Å². The molecule has 1 aliphatic rings. The number of thiophene rings is 1. The molecule has 0 radical (unpaired) electrons. The summed E-state index contributed by atoms with van der Waals surface area (Å²) in [7, 11) is 0. The van der Waals surface area contributed by atoms with Crippen LogP contribution in [0, 0.1) is 0 Å². The number of phenolic OH excluding ortho intramolecular Hbond substituents is 2. The number of morpholine rings is 1. The molecule has 0 spiro atoms. The molecule has 106 valence electrons. The van der Waals surface area contributed by atoms with Crippen molar-refractivity contribution in [2.75, 3.05) is 26.3 Å². The topological polar surface area (TPSA) is 70.0 Å². The molecular weight excluding hydrogens is 302 g/mol. The number of ether oxygens (including phenoxy) is 1. The maximum atomic E-state index is 12.4. The predicted octanol–water partition coefficient (Wildman–Crippen LogP) is 2.44. The summed E-state index contributed by atoms with van der Waals surface area (Å²) in [5.41, 5.74) is 0. The summed E-state index contributed by atoms with van der Waals surface area (Å²) >= 11 is 7.45. The summed E-state index contributed by atoms with van der Waals surface area (Å²) in [4.78, 5) is 14.6. The van der Waals surface area contributed by atoms with E-state index in [1.54, 1.807) is 4.90 Å². The Bertz CT molecular complexity index is 679. The van der Waals surface area contributed by atoms with Gasteiger partial charge in [0.15, 0.2) is 11.5 Å². The van der Waals surface area contributed by atoms with Crippen molar-refractivity contribution in [3.8, 4) is 11.5 Å². The molecule has 0 unspecified atom stereocenters. The summed E-state index contributed by atoms with van der Waals surface area (Å²) in [6, 6.07) is 2.79. The van der Waals surface area contributed by atoms with Gasteiger partial charge in [0.05, 0.1) is 18.2 Å². The lowest BCUT2D eigenvalue weighted by Crippen LogP contribution is -2.40.